The predicted octanol–water partition coefficient (Wildman–Crippen LogP) is 2.98. The lowest BCUT2D eigenvalue weighted by atomic mass is 10.2. The number of aromatic hydroxyl groups is 2. The molecule has 0 radical (unpaired) electrons. The highest BCUT2D eigenvalue weighted by molar-refractivity contribution is 7.91. The van der Waals surface area contributed by atoms with Crippen molar-refractivity contribution in [2.75, 3.05) is 5.94 Å². The fraction of sp³-hybridized carbons (Fsp3) is 0.100. The van der Waals surface area contributed by atoms with Gasteiger partial charge in [-0.05, 0) is 73.2 Å². The van der Waals surface area contributed by atoms with E-state index < -0.39 is 25.9 Å². The molecule has 158 valence electrons. The zero-order chi connectivity index (χ0) is 21.9. The zero-order valence-electron chi connectivity index (χ0n) is 15.7. The Balaban J connectivity index is 1.85. The highest BCUT2D eigenvalue weighted by Gasteiger charge is 2.21. The summed E-state index contributed by atoms with van der Waals surface area (Å²) in [5.41, 5.74) is 0.696. The molecule has 0 aliphatic heterocycles. The van der Waals surface area contributed by atoms with Crippen molar-refractivity contribution >= 4 is 20.0 Å². The lowest BCUT2D eigenvalue weighted by Crippen LogP contribution is -2.14. The van der Waals surface area contributed by atoms with Crippen molar-refractivity contribution in [1.82, 2.24) is 0 Å². The van der Waals surface area contributed by atoms with Gasteiger partial charge in [0, 0.05) is 0 Å². The van der Waals surface area contributed by atoms with Crippen LogP contribution in [0.3, 0.4) is 0 Å². The monoisotopic (exact) mass is 450 g/mol. The van der Waals surface area contributed by atoms with Gasteiger partial charge in [-0.2, -0.15) is 8.42 Å². The van der Waals surface area contributed by atoms with Crippen molar-refractivity contribution in [3.63, 3.8) is 0 Å². The molecule has 0 unspecified atom stereocenters. The highest BCUT2D eigenvalue weighted by atomic mass is 32.2. The van der Waals surface area contributed by atoms with Crippen LogP contribution in [0.1, 0.15) is 5.56 Å². The number of sulfone groups is 1. The maximum absolute atomic E-state index is 12.5. The van der Waals surface area contributed by atoms with E-state index >= 15 is 0 Å². The largest absolute Gasteiger partial charge is 0.508 e. The van der Waals surface area contributed by atoms with E-state index in [0.717, 1.165) is 0 Å². The summed E-state index contributed by atoms with van der Waals surface area (Å²) in [5, 5.41) is 18.6. The van der Waals surface area contributed by atoms with Crippen molar-refractivity contribution in [2.45, 2.75) is 16.7 Å². The van der Waals surface area contributed by atoms with Gasteiger partial charge >= 0.3 is 10.1 Å². The third-order valence-electron chi connectivity index (χ3n) is 3.99. The summed E-state index contributed by atoms with van der Waals surface area (Å²) in [5.74, 6) is -1.21. The molecular formula is C20H18O8S2. The molecule has 3 aromatic carbocycles. The molecule has 0 saturated carbocycles. The average molecular weight is 450 g/mol. The Hall–Kier alpha value is -3.24. The lowest BCUT2D eigenvalue weighted by Gasteiger charge is -2.14. The summed E-state index contributed by atoms with van der Waals surface area (Å²) in [6.45, 7) is 1.72. The molecule has 0 atom stereocenters. The topological polar surface area (TPSA) is 127 Å². The van der Waals surface area contributed by atoms with Gasteiger partial charge in [-0.3, -0.25) is 0 Å². The Kier molecular flexibility index (Phi) is 5.90. The Labute approximate surface area is 174 Å². The maximum atomic E-state index is 12.5. The summed E-state index contributed by atoms with van der Waals surface area (Å²) < 4.78 is 60.5. The van der Waals surface area contributed by atoms with Crippen LogP contribution in [0.5, 0.6) is 23.0 Å². The number of hydrogen-bond acceptors (Lipinski definition) is 8. The van der Waals surface area contributed by atoms with Gasteiger partial charge < -0.3 is 19.1 Å². The molecule has 2 N–H and O–H groups in total. The molecule has 0 spiro atoms. The summed E-state index contributed by atoms with van der Waals surface area (Å²) in [6, 6.07) is 14.1. The van der Waals surface area contributed by atoms with Crippen LogP contribution in [0.15, 0.2) is 76.5 Å². The standard InChI is InChI=1S/C20H18O8S2/c1-14-2-11-19(28-30(25,26)18-9-5-16(22)6-10-18)20(12-14)27-13-29(23,24)17-7-3-15(21)4-8-17/h2-12,21-22H,13H2,1H3. The van der Waals surface area contributed by atoms with Crippen LogP contribution in [0.25, 0.3) is 0 Å². The maximum Gasteiger partial charge on any atom is 0.339 e. The van der Waals surface area contributed by atoms with Crippen LogP contribution in [-0.2, 0) is 20.0 Å². The van der Waals surface area contributed by atoms with Gasteiger partial charge in [0.05, 0.1) is 4.90 Å². The fourth-order valence-electron chi connectivity index (χ4n) is 2.44. The van der Waals surface area contributed by atoms with Gasteiger partial charge in [0.25, 0.3) is 0 Å². The Bertz CT molecular complexity index is 1250. The second-order valence-corrected chi connectivity index (χ2v) is 9.84. The van der Waals surface area contributed by atoms with Crippen LogP contribution >= 0.6 is 0 Å². The van der Waals surface area contributed by atoms with E-state index in [-0.39, 0.29) is 32.8 Å². The summed E-state index contributed by atoms with van der Waals surface area (Å²) in [6.07, 6.45) is 0. The molecule has 8 nitrogen and oxygen atoms in total. The first kappa shape index (κ1) is 21.5. The third-order valence-corrected chi connectivity index (χ3v) is 6.66. The van der Waals surface area contributed by atoms with Crippen molar-refractivity contribution in [2.24, 2.45) is 0 Å². The molecule has 0 amide bonds. The predicted molar refractivity (Wildman–Crippen MR) is 108 cm³/mol. The molecule has 0 heterocycles. The number of benzene rings is 3. The number of phenols is 2. The molecule has 0 saturated heterocycles. The molecule has 3 aromatic rings. The number of ether oxygens (including phenoxy) is 1. The van der Waals surface area contributed by atoms with Gasteiger partial charge in [0.2, 0.25) is 9.84 Å². The summed E-state index contributed by atoms with van der Waals surface area (Å²) >= 11 is 0. The Morgan fingerprint density at radius 2 is 1.27 bits per heavy atom. The molecule has 30 heavy (non-hydrogen) atoms. The average Bonchev–Trinajstić information content (AvgIpc) is 2.69. The zero-order valence-corrected chi connectivity index (χ0v) is 17.4. The van der Waals surface area contributed by atoms with Crippen LogP contribution in [0, 0.1) is 6.92 Å². The molecule has 0 aromatic heterocycles. The van der Waals surface area contributed by atoms with Crippen molar-refractivity contribution < 1.29 is 36.0 Å². The number of phenolic OH excluding ortho intramolecular Hbond substituents is 2. The van der Waals surface area contributed by atoms with E-state index in [9.17, 15) is 27.0 Å². The van der Waals surface area contributed by atoms with Gasteiger partial charge in [-0.25, -0.2) is 8.42 Å². The van der Waals surface area contributed by atoms with E-state index in [4.69, 9.17) is 8.92 Å². The minimum Gasteiger partial charge on any atom is -0.508 e. The second-order valence-electron chi connectivity index (χ2n) is 6.35. The summed E-state index contributed by atoms with van der Waals surface area (Å²) in [7, 11) is -8.12. The van der Waals surface area contributed by atoms with Gasteiger partial charge in [-0.15, -0.1) is 0 Å². The smallest absolute Gasteiger partial charge is 0.339 e. The normalized spacial score (nSPS) is 11.8. The Morgan fingerprint density at radius 3 is 1.83 bits per heavy atom. The van der Waals surface area contributed by atoms with E-state index in [1.54, 1.807) is 13.0 Å². The van der Waals surface area contributed by atoms with Crippen molar-refractivity contribution in [3.05, 3.63) is 72.3 Å². The fourth-order valence-corrected chi connectivity index (χ4v) is 4.35. The number of rotatable bonds is 7. The van der Waals surface area contributed by atoms with E-state index in [1.165, 1.54) is 60.7 Å². The minimum absolute atomic E-state index is 0.0628. The molecular weight excluding hydrogens is 432 g/mol. The van der Waals surface area contributed by atoms with Crippen molar-refractivity contribution in [3.8, 4) is 23.0 Å². The van der Waals surface area contributed by atoms with Gasteiger partial charge in [0.15, 0.2) is 17.4 Å². The van der Waals surface area contributed by atoms with E-state index in [2.05, 4.69) is 0 Å². The van der Waals surface area contributed by atoms with E-state index in [1.807, 2.05) is 0 Å². The van der Waals surface area contributed by atoms with Gasteiger partial charge in [0.1, 0.15) is 16.4 Å². The van der Waals surface area contributed by atoms with Crippen molar-refractivity contribution in [1.29, 1.82) is 0 Å². The highest BCUT2D eigenvalue weighted by Crippen LogP contribution is 2.32. The molecule has 0 bridgehead atoms. The summed E-state index contributed by atoms with van der Waals surface area (Å²) in [4.78, 5) is -0.254. The quantitative estimate of drug-likeness (QED) is 0.526. The van der Waals surface area contributed by atoms with E-state index in [0.29, 0.717) is 5.56 Å². The first-order chi connectivity index (χ1) is 14.1. The van der Waals surface area contributed by atoms with Crippen LogP contribution in [0.4, 0.5) is 0 Å². The number of hydrogen-bond donors (Lipinski definition) is 2. The molecule has 0 aliphatic carbocycles. The molecule has 0 aliphatic rings. The lowest BCUT2D eigenvalue weighted by molar-refractivity contribution is 0.360. The molecule has 3 rings (SSSR count). The minimum atomic E-state index is -4.24. The first-order valence-corrected chi connectivity index (χ1v) is 11.6. The van der Waals surface area contributed by atoms with Gasteiger partial charge in [-0.1, -0.05) is 6.07 Å². The molecule has 10 heteroatoms. The SMILES string of the molecule is Cc1ccc(OS(=O)(=O)c2ccc(O)cc2)c(OCS(=O)(=O)c2ccc(O)cc2)c1. The van der Waals surface area contributed by atoms with Crippen LogP contribution < -0.4 is 8.92 Å². The first-order valence-electron chi connectivity index (χ1n) is 8.56. The van der Waals surface area contributed by atoms with Crippen LogP contribution in [-0.4, -0.2) is 33.0 Å². The second kappa shape index (κ2) is 8.25. The third kappa shape index (κ3) is 5.02. The van der Waals surface area contributed by atoms with Crippen LogP contribution in [0.2, 0.25) is 0 Å². The Morgan fingerprint density at radius 1 is 0.733 bits per heavy atom. The number of aryl methyl sites for hydroxylation is 1. The molecule has 0 fully saturated rings.